The van der Waals surface area contributed by atoms with Crippen LogP contribution in [0.5, 0.6) is 0 Å². The van der Waals surface area contributed by atoms with E-state index < -0.39 is 0 Å². The van der Waals surface area contributed by atoms with E-state index in [1.54, 1.807) is 6.07 Å². The van der Waals surface area contributed by atoms with Gasteiger partial charge in [0.15, 0.2) is 5.58 Å². The molecule has 7 nitrogen and oxygen atoms in total. The van der Waals surface area contributed by atoms with Crippen molar-refractivity contribution in [1.82, 2.24) is 19.4 Å². The van der Waals surface area contributed by atoms with Crippen molar-refractivity contribution in [2.24, 2.45) is 7.05 Å². The third-order valence-corrected chi connectivity index (χ3v) is 4.45. The van der Waals surface area contributed by atoms with Crippen LogP contribution in [0.1, 0.15) is 5.56 Å². The van der Waals surface area contributed by atoms with E-state index in [2.05, 4.69) is 15.3 Å². The van der Waals surface area contributed by atoms with Crippen LogP contribution in [0.2, 0.25) is 0 Å². The van der Waals surface area contributed by atoms with Gasteiger partial charge in [-0.2, -0.15) is 4.98 Å². The fourth-order valence-electron chi connectivity index (χ4n) is 3.06. The summed E-state index contributed by atoms with van der Waals surface area (Å²) in [6, 6.07) is 10.6. The Bertz CT molecular complexity index is 1100. The van der Waals surface area contributed by atoms with E-state index >= 15 is 0 Å². The Balaban J connectivity index is 1.60. The van der Waals surface area contributed by atoms with Gasteiger partial charge in [0, 0.05) is 26.2 Å². The Hall–Kier alpha value is -2.97. The van der Waals surface area contributed by atoms with Gasteiger partial charge in [0.1, 0.15) is 11.3 Å². The third kappa shape index (κ3) is 3.49. The van der Waals surface area contributed by atoms with Crippen LogP contribution in [0, 0.1) is 5.82 Å². The molecule has 4 rings (SSSR count). The zero-order valence-electron chi connectivity index (χ0n) is 15.1. The van der Waals surface area contributed by atoms with Gasteiger partial charge in [-0.05, 0) is 36.9 Å². The lowest BCUT2D eigenvalue weighted by molar-refractivity contribution is 0.217. The number of aryl methyl sites for hydroxylation is 1. The number of hydrogen-bond donors (Lipinski definition) is 2. The molecular weight excluding hydrogens is 349 g/mol. The maximum absolute atomic E-state index is 13.4. The van der Waals surface area contributed by atoms with Crippen molar-refractivity contribution in [2.75, 3.05) is 25.5 Å². The van der Waals surface area contributed by atoms with Crippen LogP contribution in [0.4, 0.5) is 16.4 Å². The highest BCUT2D eigenvalue weighted by Crippen LogP contribution is 2.25. The normalized spacial score (nSPS) is 11.7. The first-order valence-corrected chi connectivity index (χ1v) is 8.61. The van der Waals surface area contributed by atoms with Crippen molar-refractivity contribution < 1.29 is 13.9 Å². The lowest BCUT2D eigenvalue weighted by Crippen LogP contribution is -2.21. The number of fused-ring (bicyclic) bond motifs is 2. The Morgan fingerprint density at radius 1 is 1.19 bits per heavy atom. The van der Waals surface area contributed by atoms with Crippen LogP contribution in [-0.2, 0) is 13.6 Å². The van der Waals surface area contributed by atoms with Crippen LogP contribution >= 0.6 is 0 Å². The summed E-state index contributed by atoms with van der Waals surface area (Å²) in [4.78, 5) is 10.9. The number of hydrogen-bond acceptors (Lipinski definition) is 6. The summed E-state index contributed by atoms with van der Waals surface area (Å²) in [5.41, 5.74) is 3.84. The lowest BCUT2D eigenvalue weighted by atomic mass is 10.2. The molecule has 0 aliphatic rings. The van der Waals surface area contributed by atoms with E-state index in [9.17, 15) is 4.39 Å². The Labute approximate surface area is 155 Å². The molecule has 0 atom stereocenters. The molecule has 27 heavy (non-hydrogen) atoms. The summed E-state index contributed by atoms with van der Waals surface area (Å²) in [7, 11) is 3.79. The first kappa shape index (κ1) is 17.4. The molecule has 0 bridgehead atoms. The van der Waals surface area contributed by atoms with Gasteiger partial charge in [0.25, 0.3) is 0 Å². The van der Waals surface area contributed by atoms with E-state index in [4.69, 9.17) is 9.52 Å². The van der Waals surface area contributed by atoms with Crippen molar-refractivity contribution in [2.45, 2.75) is 6.54 Å². The minimum Gasteiger partial charge on any atom is -0.423 e. The minimum absolute atomic E-state index is 0.122. The Kier molecular flexibility index (Phi) is 4.51. The summed E-state index contributed by atoms with van der Waals surface area (Å²) in [5.74, 6) is 0.192. The second kappa shape index (κ2) is 6.98. The van der Waals surface area contributed by atoms with Crippen LogP contribution in [0.3, 0.4) is 0 Å². The van der Waals surface area contributed by atoms with E-state index in [1.165, 1.54) is 12.1 Å². The van der Waals surface area contributed by atoms with Crippen molar-refractivity contribution in [1.29, 1.82) is 0 Å². The quantitative estimate of drug-likeness (QED) is 0.544. The number of rotatable bonds is 6. The molecular formula is C19H20FN5O2. The molecule has 0 unspecified atom stereocenters. The molecule has 0 fully saturated rings. The Morgan fingerprint density at radius 3 is 2.85 bits per heavy atom. The predicted octanol–water partition coefficient (Wildman–Crippen LogP) is 3.02. The molecule has 0 aliphatic carbocycles. The summed E-state index contributed by atoms with van der Waals surface area (Å²) in [6.45, 7) is 1.43. The SMILES string of the molecule is CN(CCO)Cc1ccc2nc(Nc3nc4cc(F)ccc4n3C)oc2c1. The number of oxazole rings is 1. The van der Waals surface area contributed by atoms with Crippen molar-refractivity contribution >= 4 is 34.1 Å². The molecule has 2 heterocycles. The third-order valence-electron chi connectivity index (χ3n) is 4.45. The standard InChI is InChI=1S/C19H20FN5O2/c1-24(7-8-26)11-12-3-5-14-17(9-12)27-19(22-14)23-18-21-15-10-13(20)4-6-16(15)25(18)2/h3-6,9-10,26H,7-8,11H2,1-2H3,(H,21,22,23). The maximum Gasteiger partial charge on any atom is 0.302 e. The topological polar surface area (TPSA) is 79.4 Å². The highest BCUT2D eigenvalue weighted by molar-refractivity contribution is 5.80. The molecule has 2 aromatic heterocycles. The number of nitrogens with one attached hydrogen (secondary N) is 1. The second-order valence-electron chi connectivity index (χ2n) is 6.53. The first-order valence-electron chi connectivity index (χ1n) is 8.61. The number of aromatic nitrogens is 3. The number of likely N-dealkylation sites (N-methyl/N-ethyl adjacent to an activating group) is 1. The van der Waals surface area contributed by atoms with Crippen molar-refractivity contribution in [3.8, 4) is 0 Å². The van der Waals surface area contributed by atoms with Crippen molar-refractivity contribution in [3.05, 3.63) is 47.8 Å². The molecule has 8 heteroatoms. The minimum atomic E-state index is -0.326. The average molecular weight is 369 g/mol. The average Bonchev–Trinajstić information content (AvgIpc) is 3.15. The molecule has 4 aromatic rings. The molecule has 0 spiro atoms. The number of aliphatic hydroxyl groups excluding tert-OH is 1. The first-order chi connectivity index (χ1) is 13.0. The van der Waals surface area contributed by atoms with Crippen LogP contribution < -0.4 is 5.32 Å². The molecule has 0 radical (unpaired) electrons. The van der Waals surface area contributed by atoms with Crippen molar-refractivity contribution in [3.63, 3.8) is 0 Å². The van der Waals surface area contributed by atoms with Crippen LogP contribution in [-0.4, -0.2) is 44.7 Å². The number of imidazole rings is 1. The van der Waals surface area contributed by atoms with Gasteiger partial charge >= 0.3 is 6.01 Å². The lowest BCUT2D eigenvalue weighted by Gasteiger charge is -2.14. The van der Waals surface area contributed by atoms with Gasteiger partial charge in [0.2, 0.25) is 5.95 Å². The molecule has 0 saturated heterocycles. The molecule has 0 saturated carbocycles. The number of halogens is 1. The van der Waals surface area contributed by atoms with Gasteiger partial charge in [-0.3, -0.25) is 10.2 Å². The fourth-order valence-corrected chi connectivity index (χ4v) is 3.06. The van der Waals surface area contributed by atoms with Gasteiger partial charge in [-0.1, -0.05) is 6.07 Å². The summed E-state index contributed by atoms with van der Waals surface area (Å²) in [5, 5.41) is 12.1. The monoisotopic (exact) mass is 369 g/mol. The summed E-state index contributed by atoms with van der Waals surface area (Å²) >= 11 is 0. The fraction of sp³-hybridized carbons (Fsp3) is 0.263. The largest absolute Gasteiger partial charge is 0.423 e. The molecule has 2 aromatic carbocycles. The van der Waals surface area contributed by atoms with Gasteiger partial charge < -0.3 is 14.1 Å². The molecule has 140 valence electrons. The number of anilines is 2. The maximum atomic E-state index is 13.4. The zero-order valence-corrected chi connectivity index (χ0v) is 15.1. The second-order valence-corrected chi connectivity index (χ2v) is 6.53. The smallest absolute Gasteiger partial charge is 0.302 e. The predicted molar refractivity (Wildman–Crippen MR) is 101 cm³/mol. The number of aliphatic hydroxyl groups is 1. The summed E-state index contributed by atoms with van der Waals surface area (Å²) in [6.07, 6.45) is 0. The van der Waals surface area contributed by atoms with E-state index in [0.29, 0.717) is 36.2 Å². The van der Waals surface area contributed by atoms with Crippen LogP contribution in [0.15, 0.2) is 40.8 Å². The highest BCUT2D eigenvalue weighted by atomic mass is 19.1. The van der Waals surface area contributed by atoms with E-state index in [-0.39, 0.29) is 12.4 Å². The van der Waals surface area contributed by atoms with Crippen LogP contribution in [0.25, 0.3) is 22.1 Å². The van der Waals surface area contributed by atoms with Gasteiger partial charge in [-0.15, -0.1) is 0 Å². The van der Waals surface area contributed by atoms with Gasteiger partial charge in [-0.25, -0.2) is 9.37 Å². The summed E-state index contributed by atoms with van der Waals surface area (Å²) < 4.78 is 21.0. The molecule has 2 N–H and O–H groups in total. The van der Waals surface area contributed by atoms with E-state index in [1.807, 2.05) is 41.8 Å². The highest BCUT2D eigenvalue weighted by Gasteiger charge is 2.13. The van der Waals surface area contributed by atoms with Gasteiger partial charge in [0.05, 0.1) is 17.6 Å². The molecule has 0 amide bonds. The zero-order chi connectivity index (χ0) is 19.0. The molecule has 0 aliphatic heterocycles. The van der Waals surface area contributed by atoms with E-state index in [0.717, 1.165) is 16.6 Å². The number of nitrogens with zero attached hydrogens (tertiary/aromatic N) is 4. The number of benzene rings is 2. The Morgan fingerprint density at radius 2 is 2.04 bits per heavy atom.